The van der Waals surface area contributed by atoms with E-state index in [1.807, 2.05) is 36.0 Å². The second kappa shape index (κ2) is 72.2. The van der Waals surface area contributed by atoms with Crippen LogP contribution in [0.5, 0.6) is 0 Å². The van der Waals surface area contributed by atoms with Crippen LogP contribution in [-0.4, -0.2) is 134 Å². The molecule has 0 aliphatic carbocycles. The van der Waals surface area contributed by atoms with Crippen molar-refractivity contribution >= 4 is 60.5 Å². The van der Waals surface area contributed by atoms with E-state index >= 15 is 0 Å². The van der Waals surface area contributed by atoms with Crippen molar-refractivity contribution in [2.24, 2.45) is 0 Å². The number of imidazole rings is 3. The molecule has 3 aromatic heterocycles. The molecule has 4 N–H and O–H groups in total. The van der Waals surface area contributed by atoms with Crippen molar-refractivity contribution in [2.75, 3.05) is 102 Å². The number of halogens is 9. The maximum Gasteiger partial charge on any atom is 1.00 e. The molecule has 4 aliphatic heterocycles. The predicted octanol–water partition coefficient (Wildman–Crippen LogP) is 5.00. The van der Waals surface area contributed by atoms with E-state index in [9.17, 15) is 39.5 Å². The number of benzene rings is 9. The number of morpholine rings is 2. The summed E-state index contributed by atoms with van der Waals surface area (Å²) in [6, 6.07) is 50.0. The Kier molecular flexibility index (Phi) is 69.5. The van der Waals surface area contributed by atoms with E-state index in [2.05, 4.69) is 176 Å². The summed E-state index contributed by atoms with van der Waals surface area (Å²) in [5.74, 6) is -5.87. The Morgan fingerprint density at radius 3 is 1.18 bits per heavy atom. The molecule has 9 aromatic carbocycles. The number of anilines is 2. The Hall–Kier alpha value is -2.50. The van der Waals surface area contributed by atoms with Crippen LogP contribution >= 0.6 is 36.2 Å². The van der Waals surface area contributed by atoms with E-state index in [0.29, 0.717) is 42.0 Å². The molecule has 4 aliphatic rings. The van der Waals surface area contributed by atoms with Gasteiger partial charge in [0.15, 0.2) is 11.6 Å². The van der Waals surface area contributed by atoms with Gasteiger partial charge in [0.2, 0.25) is 0 Å². The first-order chi connectivity index (χ1) is 57.5. The minimum Gasteiger partial charge on any atom is -1.00 e. The summed E-state index contributed by atoms with van der Waals surface area (Å²) in [5, 5.41) is 26.7. The zero-order valence-electron chi connectivity index (χ0n) is 72.8. The number of piperidine rings is 1. The van der Waals surface area contributed by atoms with Crippen LogP contribution in [0.25, 0.3) is 11.4 Å². The van der Waals surface area contributed by atoms with Gasteiger partial charge in [0, 0.05) is 144 Å². The zero-order valence-corrected chi connectivity index (χ0v) is 98.4. The number of aromatic amines is 1. The second-order valence-corrected chi connectivity index (χ2v) is 28.5. The number of para-hydroxylation sites is 1. The van der Waals surface area contributed by atoms with Gasteiger partial charge in [0.05, 0.1) is 62.5 Å². The van der Waals surface area contributed by atoms with Gasteiger partial charge in [-0.3, -0.25) is 9.59 Å². The molecule has 7 heterocycles. The number of nitrogens with one attached hydrogen (secondary N) is 4. The second-order valence-electron chi connectivity index (χ2n) is 25.8. The molecule has 0 unspecified atom stereocenters. The fourth-order valence-corrected chi connectivity index (χ4v) is 12.9. The summed E-state index contributed by atoms with van der Waals surface area (Å²) in [7, 11) is 0. The number of thiol groups is 1. The van der Waals surface area contributed by atoms with E-state index < -0.39 is 40.7 Å². The predicted molar refractivity (Wildman–Crippen MR) is 449 cm³/mol. The van der Waals surface area contributed by atoms with Crippen molar-refractivity contribution in [3.8, 4) is 11.4 Å². The fraction of sp³-hybridized carbons (Fsp3) is 0.261. The van der Waals surface area contributed by atoms with Crippen LogP contribution in [0, 0.1) is 93.9 Å². The summed E-state index contributed by atoms with van der Waals surface area (Å²) < 4.78 is 126. The number of carbonyl (C=O) groups is 2. The zero-order chi connectivity index (χ0) is 86.4. The summed E-state index contributed by atoms with van der Waals surface area (Å²) >= 11 is 7.60. The van der Waals surface area contributed by atoms with Gasteiger partial charge in [0.1, 0.15) is 40.7 Å². The van der Waals surface area contributed by atoms with Gasteiger partial charge < -0.3 is 72.5 Å². The van der Waals surface area contributed by atoms with Crippen LogP contribution in [0.3, 0.4) is 0 Å². The van der Waals surface area contributed by atoms with Gasteiger partial charge in [-0.05, 0) is 169 Å². The Morgan fingerprint density at radius 1 is 0.415 bits per heavy atom. The van der Waals surface area contributed by atoms with Gasteiger partial charge in [0.25, 0.3) is 12.9 Å². The Bertz CT molecular complexity index is 4670. The molecule has 0 radical (unpaired) electrons. The molecule has 35 heteroatoms. The van der Waals surface area contributed by atoms with Crippen molar-refractivity contribution in [1.29, 1.82) is 0 Å². The molecule has 12 aromatic rings. The number of H-pyrrole nitrogens is 1. The number of carbonyl (C=O) groups excluding carboxylic acids is 2. The van der Waals surface area contributed by atoms with Crippen LogP contribution in [0.15, 0.2) is 263 Å². The van der Waals surface area contributed by atoms with Gasteiger partial charge in [-0.15, -0.1) is 12.6 Å². The Labute approximate surface area is 966 Å². The third-order valence-corrected chi connectivity index (χ3v) is 19.5. The first-order valence-corrected chi connectivity index (χ1v) is 39.6. The van der Waals surface area contributed by atoms with Crippen molar-refractivity contribution in [1.82, 2.24) is 45.0 Å². The molecule has 0 bridgehead atoms. The summed E-state index contributed by atoms with van der Waals surface area (Å²) in [5.41, 5.74) is 11.1. The van der Waals surface area contributed by atoms with Crippen molar-refractivity contribution in [2.45, 2.75) is 85.3 Å². The van der Waals surface area contributed by atoms with Crippen LogP contribution < -0.4 is 312 Å². The van der Waals surface area contributed by atoms with E-state index in [1.54, 1.807) is 72.6 Å². The van der Waals surface area contributed by atoms with Crippen molar-refractivity contribution < 1.29 is 357 Å². The average Bonchev–Trinajstić information content (AvgIpc) is 1.77. The normalized spacial score (nSPS) is 12.4. The maximum absolute atomic E-state index is 13.7. The quantitative estimate of drug-likeness (QED) is 0.0399. The number of aryl methyl sites for hydroxylation is 6. The fourth-order valence-electron chi connectivity index (χ4n) is 10.8. The van der Waals surface area contributed by atoms with E-state index in [0.717, 1.165) is 105 Å². The van der Waals surface area contributed by atoms with Crippen LogP contribution in [0.4, 0.5) is 50.9 Å². The first kappa shape index (κ1) is 119. The third-order valence-electron chi connectivity index (χ3n) is 16.5. The van der Waals surface area contributed by atoms with E-state index in [1.165, 1.54) is 140 Å². The van der Waals surface area contributed by atoms with Crippen LogP contribution in [-0.2, 0) is 28.8 Å². The van der Waals surface area contributed by atoms with E-state index in [-0.39, 0.29) is 303 Å². The topological polar surface area (TPSA) is 224 Å². The number of nitrogens with zero attached hydrogens (tertiary/aromatic N) is 7. The molecule has 0 saturated carbocycles. The molecule has 19 nitrogen and oxygen atoms in total. The number of rotatable bonds is 10. The SMILES string of the molecule is C1CCNCC1.C1COCCN1.Cc1ccc(S)c(C)c1.Cc1ccc(Sc2ccccc2F)c(C)c1.Cc1ccc(Sc2ccccc2N2CCNCC2)c(C)c1.Fc1cc(F)cc(-n2ccnc2)c1.Fc1cc(F)cc(F)c1.Fc1cc(N2CCOCC2)cc(-n2ccnc2)c1.Fc1ccccc1F.O=CO[O-].O=CO[O-].[Cs+].[Cs+].[Cs+].[Cs+].[H-].[H-].c1c[nH]cn1. The Morgan fingerprint density at radius 2 is 0.813 bits per heavy atom. The third kappa shape index (κ3) is 51.8. The molecular formula is C88H100Cs4F9N11O8S3. The minimum atomic E-state index is -0.896. The van der Waals surface area contributed by atoms with Gasteiger partial charge in [-0.2, -0.15) is 0 Å². The van der Waals surface area contributed by atoms with Gasteiger partial charge in [-0.1, -0.05) is 119 Å². The summed E-state index contributed by atoms with van der Waals surface area (Å²) in [6.07, 6.45) is 19.1. The molecule has 0 spiro atoms. The van der Waals surface area contributed by atoms with Crippen LogP contribution in [0.2, 0.25) is 0 Å². The summed E-state index contributed by atoms with van der Waals surface area (Å²) in [6.45, 7) is 25.9. The van der Waals surface area contributed by atoms with Gasteiger partial charge in [-0.25, -0.2) is 54.5 Å². The molecular weight excluding hydrogens is 2140 g/mol. The summed E-state index contributed by atoms with van der Waals surface area (Å²) in [4.78, 5) is 46.8. The molecule has 0 amide bonds. The number of piperazine rings is 1. The van der Waals surface area contributed by atoms with Crippen LogP contribution in [0.1, 0.15) is 55.5 Å². The smallest absolute Gasteiger partial charge is 1.00 e. The standard InChI is InChI=1S/C18H22N2S.C14H13FS.C13H14FN3O.C9H6F2N2.C8H10S.C6H3F3.C6H4F2.C5H11N.C4H9NO.C3H4N2.2CH2O3.4Cs.2H/c1-14-7-8-17(15(2)13-14)21-18-6-4-3-5-16(18)20-11-9-19-10-12-20;1-10-7-8-13(11(2)9-10)16-14-6-4-3-5-12(14)15;14-11-7-12(16-3-5-18-6-4-16)9-13(8-11)17-2-1-15-10-17;10-7-3-8(11)5-9(4-7)13-2-1-12-6-13;1-6-3-4-8(9)7(2)5-6;7-4-1-5(8)3-6(9)2-4;7-5-3-1-2-4-6(5)8;1-2-4-6-5-3-1;1-3-6-4-2-5-1;1-2-5-3-4-1;2*2-1-4-3;;;;;;/h3-8,13,19H,9-12H2,1-2H3;3-9H,1-2H3;1-2,7-10H,3-6H2;1-6H;3-5,9H,1-2H3;1-3H;1-4H;6H,1-5H2;5H,1-4H2;1-3H,(H,4,5);2*1,3H;;;;;;/q;;;;;;;;;;;;4*+1;2*-1/p-2. The average molecular weight is 2240 g/mol. The van der Waals surface area contributed by atoms with Gasteiger partial charge >= 0.3 is 276 Å². The van der Waals surface area contributed by atoms with E-state index in [4.69, 9.17) is 29.6 Å². The monoisotopic (exact) mass is 2240 g/mol. The number of hydrogen-bond acceptors (Lipinski definition) is 19. The number of ether oxygens (including phenoxy) is 2. The molecule has 4 saturated heterocycles. The molecule has 4 fully saturated rings. The minimum absolute atomic E-state index is 0. The molecule has 16 rings (SSSR count). The maximum atomic E-state index is 13.7. The largest absolute Gasteiger partial charge is 1.00 e. The molecule has 123 heavy (non-hydrogen) atoms. The van der Waals surface area contributed by atoms with Crippen molar-refractivity contribution in [3.63, 3.8) is 0 Å². The molecule has 0 atom stereocenters. The number of aromatic nitrogens is 6. The number of hydrogen-bond donors (Lipinski definition) is 5. The first-order valence-electron chi connectivity index (χ1n) is 37.5. The molecule has 640 valence electrons. The Balaban J connectivity index is 0. The van der Waals surface area contributed by atoms with Crippen molar-refractivity contribution in [3.05, 3.63) is 324 Å².